The molecule has 0 unspecified atom stereocenters. The topological polar surface area (TPSA) is 35.2 Å². The molecule has 2 N–H and O–H groups in total. The van der Waals surface area contributed by atoms with Gasteiger partial charge < -0.3 is 10.5 Å². The van der Waals surface area contributed by atoms with Crippen LogP contribution in [0.3, 0.4) is 0 Å². The summed E-state index contributed by atoms with van der Waals surface area (Å²) >= 11 is 0. The van der Waals surface area contributed by atoms with Gasteiger partial charge in [-0.3, -0.25) is 0 Å². The van der Waals surface area contributed by atoms with Crippen molar-refractivity contribution >= 4 is 0 Å². The minimum atomic E-state index is -0.388. The second-order valence-corrected chi connectivity index (χ2v) is 2.39. The van der Waals surface area contributed by atoms with E-state index in [9.17, 15) is 0 Å². The maximum Gasteiger partial charge on any atom is 0.124 e. The lowest BCUT2D eigenvalue weighted by Gasteiger charge is -2.09. The van der Waals surface area contributed by atoms with Crippen LogP contribution in [0.1, 0.15) is 11.6 Å². The molecule has 0 aromatic heterocycles. The fraction of sp³-hybridized carbons (Fsp3) is 0.200. The number of methoxy groups -OCH3 is 1. The Balaban J connectivity index is 3.06. The van der Waals surface area contributed by atoms with Crippen LogP contribution in [0, 0.1) is 12.3 Å². The second kappa shape index (κ2) is 3.80. The van der Waals surface area contributed by atoms with Crippen molar-refractivity contribution in [1.29, 1.82) is 0 Å². The van der Waals surface area contributed by atoms with Crippen LogP contribution in [0.15, 0.2) is 24.3 Å². The molecule has 2 heteroatoms. The first kappa shape index (κ1) is 8.63. The highest BCUT2D eigenvalue weighted by atomic mass is 16.5. The highest BCUT2D eigenvalue weighted by Gasteiger charge is 2.06. The molecule has 0 amide bonds. The molecule has 12 heavy (non-hydrogen) atoms. The summed E-state index contributed by atoms with van der Waals surface area (Å²) in [6.07, 6.45) is 5.20. The van der Waals surface area contributed by atoms with Gasteiger partial charge in [-0.2, -0.15) is 0 Å². The first-order valence-corrected chi connectivity index (χ1v) is 3.64. The molecule has 0 bridgehead atoms. The van der Waals surface area contributed by atoms with E-state index < -0.39 is 0 Å². The number of para-hydroxylation sites is 1. The highest BCUT2D eigenvalue weighted by molar-refractivity contribution is 5.38. The Morgan fingerprint density at radius 2 is 2.17 bits per heavy atom. The van der Waals surface area contributed by atoms with Gasteiger partial charge >= 0.3 is 0 Å². The quantitative estimate of drug-likeness (QED) is 0.664. The lowest BCUT2D eigenvalue weighted by Crippen LogP contribution is -2.08. The molecule has 0 radical (unpaired) electrons. The van der Waals surface area contributed by atoms with E-state index in [1.54, 1.807) is 7.11 Å². The monoisotopic (exact) mass is 161 g/mol. The van der Waals surface area contributed by atoms with Gasteiger partial charge in [-0.15, -0.1) is 6.42 Å². The molecular formula is C10H11NO. The Morgan fingerprint density at radius 1 is 1.50 bits per heavy atom. The normalized spacial score (nSPS) is 11.8. The molecule has 0 aliphatic rings. The predicted octanol–water partition coefficient (Wildman–Crippen LogP) is 1.33. The number of terminal acetylenes is 1. The maximum atomic E-state index is 5.65. The van der Waals surface area contributed by atoms with Crippen molar-refractivity contribution in [2.24, 2.45) is 5.73 Å². The van der Waals surface area contributed by atoms with E-state index in [1.165, 1.54) is 0 Å². The molecule has 1 aromatic rings. The van der Waals surface area contributed by atoms with Crippen molar-refractivity contribution in [1.82, 2.24) is 0 Å². The third kappa shape index (κ3) is 1.58. The minimum Gasteiger partial charge on any atom is -0.496 e. The molecule has 0 aliphatic carbocycles. The number of hydrogen-bond acceptors (Lipinski definition) is 2. The Bertz CT molecular complexity index is 301. The largest absolute Gasteiger partial charge is 0.496 e. The van der Waals surface area contributed by atoms with Crippen LogP contribution in [0.2, 0.25) is 0 Å². The highest BCUT2D eigenvalue weighted by Crippen LogP contribution is 2.22. The molecule has 2 nitrogen and oxygen atoms in total. The van der Waals surface area contributed by atoms with E-state index in [0.717, 1.165) is 11.3 Å². The van der Waals surface area contributed by atoms with E-state index in [0.29, 0.717) is 0 Å². The van der Waals surface area contributed by atoms with E-state index >= 15 is 0 Å². The zero-order valence-electron chi connectivity index (χ0n) is 6.95. The molecule has 0 aliphatic heterocycles. The van der Waals surface area contributed by atoms with Gasteiger partial charge in [0.25, 0.3) is 0 Å². The van der Waals surface area contributed by atoms with Crippen LogP contribution < -0.4 is 10.5 Å². The lowest BCUT2D eigenvalue weighted by atomic mass is 10.1. The van der Waals surface area contributed by atoms with Crippen molar-refractivity contribution in [3.63, 3.8) is 0 Å². The number of rotatable bonds is 2. The second-order valence-electron chi connectivity index (χ2n) is 2.39. The molecular weight excluding hydrogens is 150 g/mol. The molecule has 0 heterocycles. The average molecular weight is 161 g/mol. The van der Waals surface area contributed by atoms with Gasteiger partial charge in [0.05, 0.1) is 13.2 Å². The van der Waals surface area contributed by atoms with Crippen molar-refractivity contribution in [3.8, 4) is 18.1 Å². The molecule has 62 valence electrons. The van der Waals surface area contributed by atoms with E-state index in [2.05, 4.69) is 5.92 Å². The van der Waals surface area contributed by atoms with Crippen molar-refractivity contribution in [3.05, 3.63) is 29.8 Å². The van der Waals surface area contributed by atoms with Gasteiger partial charge in [0.2, 0.25) is 0 Å². The van der Waals surface area contributed by atoms with Crippen molar-refractivity contribution in [2.45, 2.75) is 6.04 Å². The number of hydrogen-bond donors (Lipinski definition) is 1. The summed E-state index contributed by atoms with van der Waals surface area (Å²) in [4.78, 5) is 0. The van der Waals surface area contributed by atoms with Gasteiger partial charge in [-0.05, 0) is 6.07 Å². The fourth-order valence-corrected chi connectivity index (χ4v) is 1.01. The molecule has 0 saturated heterocycles. The standard InChI is InChI=1S/C10H11NO/c1-3-9(11)8-6-4-5-7-10(8)12-2/h1,4-7,9H,11H2,2H3/t9-/m0/s1. The zero-order chi connectivity index (χ0) is 8.97. The first-order valence-electron chi connectivity index (χ1n) is 3.64. The minimum absolute atomic E-state index is 0.388. The summed E-state index contributed by atoms with van der Waals surface area (Å²) in [5.41, 5.74) is 6.50. The predicted molar refractivity (Wildman–Crippen MR) is 48.8 cm³/mol. The van der Waals surface area contributed by atoms with E-state index in [1.807, 2.05) is 24.3 Å². The third-order valence-electron chi connectivity index (χ3n) is 1.65. The lowest BCUT2D eigenvalue weighted by molar-refractivity contribution is 0.408. The van der Waals surface area contributed by atoms with Crippen LogP contribution in [0.25, 0.3) is 0 Å². The van der Waals surface area contributed by atoms with Crippen LogP contribution in [0.4, 0.5) is 0 Å². The fourth-order valence-electron chi connectivity index (χ4n) is 1.01. The summed E-state index contributed by atoms with van der Waals surface area (Å²) in [7, 11) is 1.60. The Hall–Kier alpha value is -1.46. The summed E-state index contributed by atoms with van der Waals surface area (Å²) < 4.78 is 5.09. The van der Waals surface area contributed by atoms with Gasteiger partial charge in [0.1, 0.15) is 5.75 Å². The smallest absolute Gasteiger partial charge is 0.124 e. The van der Waals surface area contributed by atoms with Gasteiger partial charge in [0, 0.05) is 5.56 Å². The van der Waals surface area contributed by atoms with Crippen molar-refractivity contribution in [2.75, 3.05) is 7.11 Å². The van der Waals surface area contributed by atoms with Crippen LogP contribution >= 0.6 is 0 Å². The average Bonchev–Trinajstić information content (AvgIpc) is 2.16. The SMILES string of the molecule is C#C[C@H](N)c1ccccc1OC. The Labute approximate surface area is 72.3 Å². The molecule has 1 aromatic carbocycles. The number of nitrogens with two attached hydrogens (primary N) is 1. The number of benzene rings is 1. The molecule has 0 fully saturated rings. The van der Waals surface area contributed by atoms with Crippen LogP contribution in [-0.4, -0.2) is 7.11 Å². The summed E-state index contributed by atoms with van der Waals surface area (Å²) in [5, 5.41) is 0. The Kier molecular flexibility index (Phi) is 2.73. The van der Waals surface area contributed by atoms with Gasteiger partial charge in [-0.25, -0.2) is 0 Å². The third-order valence-corrected chi connectivity index (χ3v) is 1.65. The summed E-state index contributed by atoms with van der Waals surface area (Å²) in [5.74, 6) is 3.19. The van der Waals surface area contributed by atoms with Gasteiger partial charge in [0.15, 0.2) is 0 Å². The van der Waals surface area contributed by atoms with Crippen LogP contribution in [0.5, 0.6) is 5.75 Å². The zero-order valence-corrected chi connectivity index (χ0v) is 6.95. The van der Waals surface area contributed by atoms with E-state index in [4.69, 9.17) is 16.9 Å². The molecule has 1 atom stereocenters. The van der Waals surface area contributed by atoms with Crippen LogP contribution in [-0.2, 0) is 0 Å². The van der Waals surface area contributed by atoms with Crippen molar-refractivity contribution < 1.29 is 4.74 Å². The molecule has 0 spiro atoms. The number of ether oxygens (including phenoxy) is 1. The Morgan fingerprint density at radius 3 is 2.75 bits per heavy atom. The summed E-state index contributed by atoms with van der Waals surface area (Å²) in [6.45, 7) is 0. The van der Waals surface area contributed by atoms with E-state index in [-0.39, 0.29) is 6.04 Å². The first-order chi connectivity index (χ1) is 5.79. The molecule has 1 rings (SSSR count). The van der Waals surface area contributed by atoms with Gasteiger partial charge in [-0.1, -0.05) is 24.1 Å². The molecule has 0 saturated carbocycles. The maximum absolute atomic E-state index is 5.65. The summed E-state index contributed by atoms with van der Waals surface area (Å²) in [6, 6.07) is 7.08.